The molecule has 0 spiro atoms. The van der Waals surface area contributed by atoms with Gasteiger partial charge in [0.1, 0.15) is 30.0 Å². The summed E-state index contributed by atoms with van der Waals surface area (Å²) in [7, 11) is 0.348. The maximum atomic E-state index is 13.4. The third-order valence-electron chi connectivity index (χ3n) is 7.39. The first-order valence-corrected chi connectivity index (χ1v) is 18.7. The van der Waals surface area contributed by atoms with Gasteiger partial charge in [-0.3, -0.25) is 19.2 Å². The fraction of sp³-hybridized carbons (Fsp3) is 0.548. The molecule has 0 saturated carbocycles. The summed E-state index contributed by atoms with van der Waals surface area (Å²) in [5.41, 5.74) is 1.71. The highest BCUT2D eigenvalue weighted by Gasteiger charge is 2.39. The molecule has 260 valence electrons. The van der Waals surface area contributed by atoms with Crippen LogP contribution in [0, 0.1) is 0 Å². The number of aromatic nitrogens is 1. The highest BCUT2D eigenvalue weighted by Crippen LogP contribution is 2.36. The molecule has 0 bridgehead atoms. The van der Waals surface area contributed by atoms with Gasteiger partial charge in [-0.1, -0.05) is 45.0 Å². The summed E-state index contributed by atoms with van der Waals surface area (Å²) >= 11 is 1.25. The first-order valence-electron chi connectivity index (χ1n) is 14.9. The molecule has 1 heterocycles. The summed E-state index contributed by atoms with van der Waals surface area (Å²) in [5, 5.41) is 9.93. The standard InChI is InChI=1S/C31H46N4O10SSi/c1-20(36)44-16-24(30(40)42-6)34-27(38)23(17-45-47(7,8)31(2,3)4)33-28(39)25-19-46-29(35-25)22-11-9-21(10-12-22)15-32-26(37)18-43-14-13-41-5/h9-12,19,23-24H,13-18H2,1-8H3,(H,32,37)(H,33,39)(H,34,38). The molecule has 2 unspecified atom stereocenters. The number of hydrogen-bond donors (Lipinski definition) is 3. The van der Waals surface area contributed by atoms with Crippen LogP contribution in [0.15, 0.2) is 29.6 Å². The fourth-order valence-corrected chi connectivity index (χ4v) is 5.36. The van der Waals surface area contributed by atoms with Crippen LogP contribution >= 0.6 is 11.3 Å². The number of carbonyl (C=O) groups excluding carboxylic acids is 5. The second-order valence-corrected chi connectivity index (χ2v) is 17.7. The SMILES string of the molecule is COCCOCC(=O)NCc1ccc(-c2nc(C(=O)NC(CO[Si](C)(C)C(C)(C)C)C(=O)NC(COC(C)=O)C(=O)OC)cs2)cc1. The molecule has 1 aromatic heterocycles. The summed E-state index contributed by atoms with van der Waals surface area (Å²) < 4.78 is 26.0. The molecule has 47 heavy (non-hydrogen) atoms. The van der Waals surface area contributed by atoms with Gasteiger partial charge < -0.3 is 39.3 Å². The largest absolute Gasteiger partial charge is 0.467 e. The summed E-state index contributed by atoms with van der Waals surface area (Å²) in [5.74, 6) is -3.04. The van der Waals surface area contributed by atoms with Gasteiger partial charge in [-0.25, -0.2) is 9.78 Å². The smallest absolute Gasteiger partial charge is 0.331 e. The number of benzene rings is 1. The molecule has 0 aliphatic carbocycles. The van der Waals surface area contributed by atoms with E-state index in [0.717, 1.165) is 18.2 Å². The average Bonchev–Trinajstić information content (AvgIpc) is 3.52. The van der Waals surface area contributed by atoms with Gasteiger partial charge in [0.05, 0.1) is 26.9 Å². The highest BCUT2D eigenvalue weighted by molar-refractivity contribution is 7.13. The van der Waals surface area contributed by atoms with Crippen molar-refractivity contribution in [2.75, 3.05) is 47.3 Å². The Morgan fingerprint density at radius 3 is 2.23 bits per heavy atom. The van der Waals surface area contributed by atoms with Crippen molar-refractivity contribution in [2.45, 2.75) is 64.5 Å². The van der Waals surface area contributed by atoms with E-state index in [9.17, 15) is 24.0 Å². The third kappa shape index (κ3) is 13.1. The van der Waals surface area contributed by atoms with Gasteiger partial charge in [-0.2, -0.15) is 0 Å². The van der Waals surface area contributed by atoms with E-state index >= 15 is 0 Å². The zero-order chi connectivity index (χ0) is 35.2. The summed E-state index contributed by atoms with van der Waals surface area (Å²) in [6.07, 6.45) is 0. The molecule has 14 nitrogen and oxygen atoms in total. The minimum atomic E-state index is -2.35. The van der Waals surface area contributed by atoms with E-state index in [2.05, 4.69) is 20.9 Å². The van der Waals surface area contributed by atoms with Crippen molar-refractivity contribution in [2.24, 2.45) is 0 Å². The van der Waals surface area contributed by atoms with E-state index in [1.165, 1.54) is 18.3 Å². The minimum Gasteiger partial charge on any atom is -0.467 e. The Morgan fingerprint density at radius 2 is 1.64 bits per heavy atom. The zero-order valence-corrected chi connectivity index (χ0v) is 30.0. The Labute approximate surface area is 280 Å². The molecular formula is C31H46N4O10SSi. The number of nitrogens with one attached hydrogen (secondary N) is 3. The molecule has 16 heteroatoms. The van der Waals surface area contributed by atoms with Crippen LogP contribution in [0.1, 0.15) is 43.7 Å². The Kier molecular flexibility index (Phi) is 15.6. The number of methoxy groups -OCH3 is 2. The first kappa shape index (κ1) is 39.5. The maximum Gasteiger partial charge on any atom is 0.331 e. The molecule has 0 fully saturated rings. The average molecular weight is 695 g/mol. The highest BCUT2D eigenvalue weighted by atomic mass is 32.1. The number of rotatable bonds is 18. The zero-order valence-electron chi connectivity index (χ0n) is 28.2. The van der Waals surface area contributed by atoms with Crippen LogP contribution in [0.3, 0.4) is 0 Å². The van der Waals surface area contributed by atoms with Crippen molar-refractivity contribution in [3.05, 3.63) is 40.9 Å². The predicted molar refractivity (Wildman–Crippen MR) is 177 cm³/mol. The topological polar surface area (TPSA) is 180 Å². The fourth-order valence-electron chi connectivity index (χ4n) is 3.54. The maximum absolute atomic E-state index is 13.4. The number of nitrogens with zero attached hydrogens (tertiary/aromatic N) is 1. The third-order valence-corrected chi connectivity index (χ3v) is 12.8. The Bertz CT molecular complexity index is 1360. The Balaban J connectivity index is 2.14. The lowest BCUT2D eigenvalue weighted by Gasteiger charge is -2.37. The van der Waals surface area contributed by atoms with Crippen molar-refractivity contribution >= 4 is 49.3 Å². The van der Waals surface area contributed by atoms with Crippen molar-refractivity contribution < 1.29 is 47.3 Å². The molecule has 1 aromatic carbocycles. The summed E-state index contributed by atoms with van der Waals surface area (Å²) in [6, 6.07) is 4.85. The lowest BCUT2D eigenvalue weighted by molar-refractivity contribution is -0.151. The number of esters is 2. The van der Waals surface area contributed by atoms with Crippen LogP contribution in [0.2, 0.25) is 18.1 Å². The first-order chi connectivity index (χ1) is 22.1. The van der Waals surface area contributed by atoms with Gasteiger partial charge in [-0.15, -0.1) is 11.3 Å². The molecule has 2 atom stereocenters. The quantitative estimate of drug-likeness (QED) is 0.119. The van der Waals surface area contributed by atoms with Crippen LogP contribution in [-0.4, -0.2) is 102 Å². The molecule has 3 amide bonds. The number of ether oxygens (including phenoxy) is 4. The number of amides is 3. The van der Waals surface area contributed by atoms with E-state index in [1.807, 2.05) is 58.1 Å². The van der Waals surface area contributed by atoms with Crippen molar-refractivity contribution in [3.8, 4) is 10.6 Å². The van der Waals surface area contributed by atoms with Gasteiger partial charge in [-0.05, 0) is 23.7 Å². The van der Waals surface area contributed by atoms with E-state index in [1.54, 1.807) is 12.5 Å². The normalized spacial score (nSPS) is 12.9. The van der Waals surface area contributed by atoms with E-state index in [4.69, 9.17) is 23.4 Å². The number of hydrogen-bond acceptors (Lipinski definition) is 12. The van der Waals surface area contributed by atoms with E-state index in [-0.39, 0.29) is 29.9 Å². The van der Waals surface area contributed by atoms with Gasteiger partial charge in [0.25, 0.3) is 5.91 Å². The predicted octanol–water partition coefficient (Wildman–Crippen LogP) is 2.43. The van der Waals surface area contributed by atoms with Crippen LogP contribution in [-0.2, 0) is 49.1 Å². The van der Waals surface area contributed by atoms with E-state index in [0.29, 0.717) is 24.8 Å². The molecule has 0 aliphatic rings. The molecule has 0 radical (unpaired) electrons. The molecule has 2 rings (SSSR count). The van der Waals surface area contributed by atoms with Gasteiger partial charge in [0, 0.05) is 31.5 Å². The minimum absolute atomic E-state index is 0.0591. The monoisotopic (exact) mass is 694 g/mol. The van der Waals surface area contributed by atoms with Crippen molar-refractivity contribution in [1.29, 1.82) is 0 Å². The van der Waals surface area contributed by atoms with Gasteiger partial charge in [0.15, 0.2) is 14.4 Å². The molecule has 2 aromatic rings. The summed E-state index contributed by atoms with van der Waals surface area (Å²) in [4.78, 5) is 66.7. The van der Waals surface area contributed by atoms with Crippen LogP contribution in [0.5, 0.6) is 0 Å². The van der Waals surface area contributed by atoms with E-state index < -0.39 is 50.8 Å². The molecule has 0 aliphatic heterocycles. The van der Waals surface area contributed by atoms with Gasteiger partial charge >= 0.3 is 11.9 Å². The second-order valence-electron chi connectivity index (χ2n) is 12.0. The second kappa shape index (κ2) is 18.6. The van der Waals surface area contributed by atoms with Crippen molar-refractivity contribution in [1.82, 2.24) is 20.9 Å². The van der Waals surface area contributed by atoms with Crippen LogP contribution in [0.4, 0.5) is 0 Å². The molecular weight excluding hydrogens is 649 g/mol. The molecule has 3 N–H and O–H groups in total. The van der Waals surface area contributed by atoms with Gasteiger partial charge in [0.2, 0.25) is 11.8 Å². The van der Waals surface area contributed by atoms with Crippen LogP contribution in [0.25, 0.3) is 10.6 Å². The Hall–Kier alpha value is -3.70. The lowest BCUT2D eigenvalue weighted by atomic mass is 10.1. The molecule has 0 saturated heterocycles. The van der Waals surface area contributed by atoms with Crippen molar-refractivity contribution in [3.63, 3.8) is 0 Å². The lowest BCUT2D eigenvalue weighted by Crippen LogP contribution is -2.56. The summed E-state index contributed by atoms with van der Waals surface area (Å²) in [6.45, 7) is 11.7. The Morgan fingerprint density at radius 1 is 0.957 bits per heavy atom. The van der Waals surface area contributed by atoms with Crippen LogP contribution < -0.4 is 16.0 Å². The number of carbonyl (C=O) groups is 5. The number of thiazole rings is 1.